The van der Waals surface area contributed by atoms with Gasteiger partial charge in [-0.05, 0) is 29.8 Å². The number of nitriles is 1. The van der Waals surface area contributed by atoms with Crippen molar-refractivity contribution in [2.45, 2.75) is 12.3 Å². The molecule has 0 N–H and O–H groups in total. The SMILES string of the molecule is N#Cc1ccc(Cn2c(CS)nc3cc(F)ccc32)cc1. The first-order chi connectivity index (χ1) is 10.2. The second kappa shape index (κ2) is 5.58. The molecule has 0 bridgehead atoms. The van der Waals surface area contributed by atoms with Crippen molar-refractivity contribution in [2.24, 2.45) is 0 Å². The summed E-state index contributed by atoms with van der Waals surface area (Å²) in [6.45, 7) is 0.615. The van der Waals surface area contributed by atoms with Crippen molar-refractivity contribution in [1.29, 1.82) is 5.26 Å². The molecule has 0 atom stereocenters. The summed E-state index contributed by atoms with van der Waals surface area (Å²) in [6.07, 6.45) is 0. The molecule has 3 nitrogen and oxygen atoms in total. The quantitative estimate of drug-likeness (QED) is 0.751. The topological polar surface area (TPSA) is 41.6 Å². The molecule has 0 saturated heterocycles. The van der Waals surface area contributed by atoms with Gasteiger partial charge in [0, 0.05) is 18.4 Å². The number of fused-ring (bicyclic) bond motifs is 1. The van der Waals surface area contributed by atoms with Crippen LogP contribution in [0.3, 0.4) is 0 Å². The molecule has 0 spiro atoms. The van der Waals surface area contributed by atoms with E-state index in [-0.39, 0.29) is 5.82 Å². The zero-order valence-electron chi connectivity index (χ0n) is 11.1. The van der Waals surface area contributed by atoms with Crippen LogP contribution in [-0.2, 0) is 12.3 Å². The molecule has 0 aliphatic carbocycles. The Labute approximate surface area is 127 Å². The molecular formula is C16H12FN3S. The van der Waals surface area contributed by atoms with Gasteiger partial charge < -0.3 is 4.57 Å². The highest BCUT2D eigenvalue weighted by Gasteiger charge is 2.10. The predicted octanol–water partition coefficient (Wildman–Crippen LogP) is 3.53. The molecule has 5 heteroatoms. The average molecular weight is 297 g/mol. The van der Waals surface area contributed by atoms with Crippen molar-refractivity contribution in [3.8, 4) is 6.07 Å². The Hall–Kier alpha value is -2.32. The molecule has 0 aliphatic heterocycles. The second-order valence-corrected chi connectivity index (χ2v) is 5.03. The van der Waals surface area contributed by atoms with Crippen LogP contribution in [0.1, 0.15) is 17.0 Å². The Morgan fingerprint density at radius 1 is 1.19 bits per heavy atom. The van der Waals surface area contributed by atoms with Crippen LogP contribution in [0.25, 0.3) is 11.0 Å². The molecule has 1 heterocycles. The first-order valence-electron chi connectivity index (χ1n) is 6.46. The lowest BCUT2D eigenvalue weighted by Gasteiger charge is -2.08. The third kappa shape index (κ3) is 2.63. The highest BCUT2D eigenvalue weighted by atomic mass is 32.1. The first-order valence-corrected chi connectivity index (χ1v) is 7.09. The summed E-state index contributed by atoms with van der Waals surface area (Å²) >= 11 is 4.29. The molecule has 2 aromatic carbocycles. The molecule has 21 heavy (non-hydrogen) atoms. The fourth-order valence-corrected chi connectivity index (χ4v) is 2.56. The van der Waals surface area contributed by atoms with Crippen LogP contribution in [0.4, 0.5) is 4.39 Å². The molecule has 0 aliphatic rings. The maximum absolute atomic E-state index is 13.3. The number of nitrogens with zero attached hydrogens (tertiary/aromatic N) is 3. The zero-order chi connectivity index (χ0) is 14.8. The van der Waals surface area contributed by atoms with Gasteiger partial charge >= 0.3 is 0 Å². The highest BCUT2D eigenvalue weighted by molar-refractivity contribution is 7.79. The Bertz CT molecular complexity index is 831. The smallest absolute Gasteiger partial charge is 0.125 e. The van der Waals surface area contributed by atoms with E-state index in [2.05, 4.69) is 23.7 Å². The number of hydrogen-bond donors (Lipinski definition) is 1. The van der Waals surface area contributed by atoms with E-state index in [4.69, 9.17) is 5.26 Å². The van der Waals surface area contributed by atoms with Crippen molar-refractivity contribution >= 4 is 23.7 Å². The Balaban J connectivity index is 2.04. The predicted molar refractivity (Wildman–Crippen MR) is 82.6 cm³/mol. The lowest BCUT2D eigenvalue weighted by Crippen LogP contribution is -2.03. The van der Waals surface area contributed by atoms with Gasteiger partial charge in [0.05, 0.1) is 22.7 Å². The van der Waals surface area contributed by atoms with Crippen LogP contribution in [-0.4, -0.2) is 9.55 Å². The van der Waals surface area contributed by atoms with Crippen molar-refractivity contribution < 1.29 is 4.39 Å². The number of imidazole rings is 1. The number of aromatic nitrogens is 2. The maximum Gasteiger partial charge on any atom is 0.125 e. The van der Waals surface area contributed by atoms with E-state index >= 15 is 0 Å². The van der Waals surface area contributed by atoms with Crippen LogP contribution >= 0.6 is 12.6 Å². The van der Waals surface area contributed by atoms with Crippen molar-refractivity contribution in [3.63, 3.8) is 0 Å². The lowest BCUT2D eigenvalue weighted by atomic mass is 10.1. The van der Waals surface area contributed by atoms with E-state index in [1.807, 2.05) is 16.7 Å². The molecule has 1 aromatic heterocycles. The third-order valence-electron chi connectivity index (χ3n) is 3.35. The number of hydrogen-bond acceptors (Lipinski definition) is 3. The second-order valence-electron chi connectivity index (χ2n) is 4.71. The summed E-state index contributed by atoms with van der Waals surface area (Å²) in [5, 5.41) is 8.82. The molecule has 3 rings (SSSR count). The normalized spacial score (nSPS) is 10.7. The van der Waals surface area contributed by atoms with E-state index in [1.165, 1.54) is 12.1 Å². The largest absolute Gasteiger partial charge is 0.323 e. The summed E-state index contributed by atoms with van der Waals surface area (Å²) in [4.78, 5) is 4.42. The highest BCUT2D eigenvalue weighted by Crippen LogP contribution is 2.20. The third-order valence-corrected chi connectivity index (χ3v) is 3.64. The van der Waals surface area contributed by atoms with Crippen LogP contribution in [0.15, 0.2) is 42.5 Å². The zero-order valence-corrected chi connectivity index (χ0v) is 12.0. The van der Waals surface area contributed by atoms with Crippen molar-refractivity contribution in [3.05, 3.63) is 65.2 Å². The van der Waals surface area contributed by atoms with Crippen LogP contribution in [0, 0.1) is 17.1 Å². The van der Waals surface area contributed by atoms with Gasteiger partial charge in [0.15, 0.2) is 0 Å². The molecule has 104 valence electrons. The maximum atomic E-state index is 13.3. The van der Waals surface area contributed by atoms with Crippen LogP contribution < -0.4 is 0 Å². The number of halogens is 1. The fourth-order valence-electron chi connectivity index (χ4n) is 2.32. The van der Waals surface area contributed by atoms with Gasteiger partial charge in [0.2, 0.25) is 0 Å². The standard InChI is InChI=1S/C16H12FN3S/c17-13-5-6-15-14(7-13)19-16(10-21)20(15)9-12-3-1-11(8-18)2-4-12/h1-7,21H,9-10H2. The van der Waals surface area contributed by atoms with Gasteiger partial charge in [-0.25, -0.2) is 9.37 Å². The lowest BCUT2D eigenvalue weighted by molar-refractivity contribution is 0.629. The minimum atomic E-state index is -0.295. The summed E-state index contributed by atoms with van der Waals surface area (Å²) in [5.74, 6) is 0.978. The van der Waals surface area contributed by atoms with Gasteiger partial charge in [-0.2, -0.15) is 17.9 Å². The molecule has 3 aromatic rings. The average Bonchev–Trinajstić information content (AvgIpc) is 2.85. The van der Waals surface area contributed by atoms with E-state index in [9.17, 15) is 4.39 Å². The molecule has 0 unspecified atom stereocenters. The van der Waals surface area contributed by atoms with Gasteiger partial charge in [0.1, 0.15) is 11.6 Å². The van der Waals surface area contributed by atoms with Gasteiger partial charge in [-0.15, -0.1) is 0 Å². The van der Waals surface area contributed by atoms with E-state index < -0.39 is 0 Å². The van der Waals surface area contributed by atoms with E-state index in [0.29, 0.717) is 23.4 Å². The van der Waals surface area contributed by atoms with E-state index in [0.717, 1.165) is 16.9 Å². The Morgan fingerprint density at radius 2 is 1.95 bits per heavy atom. The number of benzene rings is 2. The van der Waals surface area contributed by atoms with Gasteiger partial charge in [0.25, 0.3) is 0 Å². The Morgan fingerprint density at radius 3 is 2.62 bits per heavy atom. The molecule has 0 radical (unpaired) electrons. The van der Waals surface area contributed by atoms with Crippen molar-refractivity contribution in [1.82, 2.24) is 9.55 Å². The van der Waals surface area contributed by atoms with Gasteiger partial charge in [-0.1, -0.05) is 12.1 Å². The number of thiol groups is 1. The van der Waals surface area contributed by atoms with Crippen LogP contribution in [0.5, 0.6) is 0 Å². The number of rotatable bonds is 3. The Kier molecular flexibility index (Phi) is 3.63. The van der Waals surface area contributed by atoms with Gasteiger partial charge in [-0.3, -0.25) is 0 Å². The summed E-state index contributed by atoms with van der Waals surface area (Å²) in [6, 6.07) is 14.1. The first kappa shape index (κ1) is 13.7. The van der Waals surface area contributed by atoms with Crippen LogP contribution in [0.2, 0.25) is 0 Å². The fraction of sp³-hybridized carbons (Fsp3) is 0.125. The summed E-state index contributed by atoms with van der Waals surface area (Å²) < 4.78 is 15.3. The molecule has 0 fully saturated rings. The van der Waals surface area contributed by atoms with Crippen molar-refractivity contribution in [2.75, 3.05) is 0 Å². The molecular weight excluding hydrogens is 285 g/mol. The minimum absolute atomic E-state index is 0.295. The minimum Gasteiger partial charge on any atom is -0.323 e. The molecule has 0 amide bonds. The van der Waals surface area contributed by atoms with E-state index in [1.54, 1.807) is 18.2 Å². The summed E-state index contributed by atoms with van der Waals surface area (Å²) in [5.41, 5.74) is 3.20. The summed E-state index contributed by atoms with van der Waals surface area (Å²) in [7, 11) is 0. The molecule has 0 saturated carbocycles. The monoisotopic (exact) mass is 297 g/mol.